The highest BCUT2D eigenvalue weighted by molar-refractivity contribution is 6.45. The molecule has 164 valence electrons. The van der Waals surface area contributed by atoms with E-state index >= 15 is 0 Å². The van der Waals surface area contributed by atoms with Gasteiger partial charge in [-0.3, -0.25) is 4.79 Å². The van der Waals surface area contributed by atoms with Gasteiger partial charge in [0.2, 0.25) is 0 Å². The Hall–Kier alpha value is -2.35. The van der Waals surface area contributed by atoms with Crippen LogP contribution in [0, 0.1) is 0 Å². The van der Waals surface area contributed by atoms with Gasteiger partial charge in [-0.25, -0.2) is 9.97 Å². The van der Waals surface area contributed by atoms with Crippen LogP contribution in [-0.2, 0) is 9.53 Å². The molecule has 1 aliphatic rings. The van der Waals surface area contributed by atoms with Crippen LogP contribution >= 0.6 is 23.2 Å². The summed E-state index contributed by atoms with van der Waals surface area (Å²) in [5.74, 6) is 0.0338. The van der Waals surface area contributed by atoms with E-state index < -0.39 is 5.97 Å². The average molecular weight is 463 g/mol. The van der Waals surface area contributed by atoms with Gasteiger partial charge in [-0.05, 0) is 37.8 Å². The lowest BCUT2D eigenvalue weighted by Crippen LogP contribution is -2.30. The molecule has 1 atom stereocenters. The van der Waals surface area contributed by atoms with E-state index in [-0.39, 0.29) is 13.0 Å². The van der Waals surface area contributed by atoms with Gasteiger partial charge in [0.15, 0.2) is 0 Å². The predicted octanol–water partition coefficient (Wildman–Crippen LogP) is 4.97. The highest BCUT2D eigenvalue weighted by atomic mass is 35.5. The molecule has 0 saturated carbocycles. The number of hydrogen-bond acceptors (Lipinski definition) is 5. The van der Waals surface area contributed by atoms with Gasteiger partial charge in [-0.2, -0.15) is 0 Å². The summed E-state index contributed by atoms with van der Waals surface area (Å²) in [6.45, 7) is 1.73. The minimum absolute atomic E-state index is 0.0386. The van der Waals surface area contributed by atoms with Crippen molar-refractivity contribution in [3.05, 3.63) is 47.0 Å². The maximum atomic E-state index is 10.6. The molecule has 0 amide bonds. The normalized spacial score (nSPS) is 16.3. The van der Waals surface area contributed by atoms with Gasteiger partial charge in [0.25, 0.3) is 0 Å². The Morgan fingerprint density at radius 2 is 2.16 bits per heavy atom. The molecular formula is C22H24Cl2N4O3. The van der Waals surface area contributed by atoms with Crippen molar-refractivity contribution in [1.82, 2.24) is 14.5 Å². The van der Waals surface area contributed by atoms with E-state index in [1.165, 1.54) is 0 Å². The van der Waals surface area contributed by atoms with Gasteiger partial charge in [0, 0.05) is 43.0 Å². The zero-order valence-electron chi connectivity index (χ0n) is 17.0. The Morgan fingerprint density at radius 1 is 1.29 bits per heavy atom. The number of rotatable bonds is 9. The van der Waals surface area contributed by atoms with E-state index in [9.17, 15) is 4.79 Å². The van der Waals surface area contributed by atoms with Gasteiger partial charge >= 0.3 is 5.97 Å². The first-order valence-electron chi connectivity index (χ1n) is 10.4. The molecule has 31 heavy (non-hydrogen) atoms. The zero-order valence-corrected chi connectivity index (χ0v) is 18.5. The first-order chi connectivity index (χ1) is 15.0. The number of halogens is 2. The van der Waals surface area contributed by atoms with Crippen molar-refractivity contribution in [3.8, 4) is 5.69 Å². The van der Waals surface area contributed by atoms with E-state index in [4.69, 9.17) is 38.0 Å². The van der Waals surface area contributed by atoms with Crippen molar-refractivity contribution < 1.29 is 14.6 Å². The van der Waals surface area contributed by atoms with Crippen LogP contribution in [0.2, 0.25) is 10.0 Å². The summed E-state index contributed by atoms with van der Waals surface area (Å²) < 4.78 is 7.40. The summed E-state index contributed by atoms with van der Waals surface area (Å²) in [7, 11) is 0. The molecule has 7 nitrogen and oxygen atoms in total. The summed E-state index contributed by atoms with van der Waals surface area (Å²) in [5.41, 5.74) is 1.64. The van der Waals surface area contributed by atoms with Crippen molar-refractivity contribution in [1.29, 1.82) is 0 Å². The minimum Gasteiger partial charge on any atom is -0.481 e. The Labute approximate surface area is 190 Å². The molecule has 1 saturated heterocycles. The molecule has 1 aliphatic heterocycles. The minimum atomic E-state index is -0.836. The van der Waals surface area contributed by atoms with Gasteiger partial charge < -0.3 is 19.3 Å². The number of benzene rings is 1. The smallest absolute Gasteiger partial charge is 0.305 e. The summed E-state index contributed by atoms with van der Waals surface area (Å²) in [6.07, 6.45) is 9.44. The number of hydrogen-bond donors (Lipinski definition) is 1. The molecule has 1 aromatic carbocycles. The number of nitrogens with zero attached hydrogens (tertiary/aromatic N) is 4. The van der Waals surface area contributed by atoms with E-state index in [1.54, 1.807) is 18.6 Å². The number of aromatic nitrogens is 3. The summed E-state index contributed by atoms with van der Waals surface area (Å²) in [4.78, 5) is 22.0. The Morgan fingerprint density at radius 3 is 2.94 bits per heavy atom. The topological polar surface area (TPSA) is 80.5 Å². The van der Waals surface area contributed by atoms with E-state index in [1.807, 2.05) is 16.8 Å². The van der Waals surface area contributed by atoms with Crippen molar-refractivity contribution in [2.45, 2.75) is 38.1 Å². The fourth-order valence-electron chi connectivity index (χ4n) is 4.09. The van der Waals surface area contributed by atoms with Gasteiger partial charge in [0.1, 0.15) is 5.82 Å². The lowest BCUT2D eigenvalue weighted by molar-refractivity contribution is -0.138. The number of pyridine rings is 1. The molecule has 9 heteroatoms. The number of ether oxygens (including phenoxy) is 1. The SMILES string of the molecule is O=C(O)CCOCCC[C@@H]1CCCN1c1cc(-n2ccnc2)c2ccc(Cl)c(Cl)c2n1. The molecule has 1 N–H and O–H groups in total. The Kier molecular flexibility index (Phi) is 6.95. The number of anilines is 1. The maximum Gasteiger partial charge on any atom is 0.305 e. The van der Waals surface area contributed by atoms with Crippen LogP contribution in [0.25, 0.3) is 16.6 Å². The largest absolute Gasteiger partial charge is 0.481 e. The third kappa shape index (κ3) is 4.95. The molecule has 3 heterocycles. The third-order valence-electron chi connectivity index (χ3n) is 5.58. The van der Waals surface area contributed by atoms with Crippen molar-refractivity contribution in [2.24, 2.45) is 0 Å². The van der Waals surface area contributed by atoms with Crippen LogP contribution in [-0.4, -0.2) is 51.4 Å². The first kappa shape index (κ1) is 21.9. The van der Waals surface area contributed by atoms with Crippen LogP contribution in [0.5, 0.6) is 0 Å². The number of carbonyl (C=O) groups is 1. The van der Waals surface area contributed by atoms with E-state index in [0.29, 0.717) is 28.2 Å². The predicted molar refractivity (Wildman–Crippen MR) is 122 cm³/mol. The molecule has 1 fully saturated rings. The Balaban J connectivity index is 1.56. The van der Waals surface area contributed by atoms with Crippen LogP contribution in [0.3, 0.4) is 0 Å². The molecule has 0 radical (unpaired) electrons. The fraction of sp³-hybridized carbons (Fsp3) is 0.409. The Bertz CT molecular complexity index is 1060. The maximum absolute atomic E-state index is 10.6. The van der Waals surface area contributed by atoms with Crippen LogP contribution in [0.15, 0.2) is 36.9 Å². The fourth-order valence-corrected chi connectivity index (χ4v) is 4.44. The monoisotopic (exact) mass is 462 g/mol. The zero-order chi connectivity index (χ0) is 21.8. The molecular weight excluding hydrogens is 439 g/mol. The van der Waals surface area contributed by atoms with Gasteiger partial charge in [0.05, 0.1) is 40.6 Å². The molecule has 3 aromatic rings. The quantitative estimate of drug-likeness (QED) is 0.452. The van der Waals surface area contributed by atoms with Gasteiger partial charge in [-0.15, -0.1) is 0 Å². The lowest BCUT2D eigenvalue weighted by atomic mass is 10.1. The van der Waals surface area contributed by atoms with Crippen molar-refractivity contribution >= 4 is 45.9 Å². The van der Waals surface area contributed by atoms with Crippen LogP contribution in [0.1, 0.15) is 32.1 Å². The molecule has 2 aromatic heterocycles. The second kappa shape index (κ2) is 9.85. The molecule has 0 bridgehead atoms. The summed E-state index contributed by atoms with van der Waals surface area (Å²) >= 11 is 12.8. The van der Waals surface area contributed by atoms with Crippen LogP contribution in [0.4, 0.5) is 5.82 Å². The second-order valence-corrected chi connectivity index (χ2v) is 8.40. The van der Waals surface area contributed by atoms with E-state index in [2.05, 4.69) is 16.0 Å². The number of carboxylic acid groups (broad SMARTS) is 1. The standard InChI is InChI=1S/C22H24Cl2N4O3/c23-17-6-5-16-18(27-10-8-25-14-27)13-19(26-22(16)21(17)24)28-9-1-3-15(28)4-2-11-31-12-7-20(29)30/h5-6,8,10,13-15H,1-4,7,9,11-12H2,(H,29,30)/t15-/m0/s1. The summed E-state index contributed by atoms with van der Waals surface area (Å²) in [5, 5.41) is 10.5. The van der Waals surface area contributed by atoms with E-state index in [0.717, 1.165) is 49.1 Å². The van der Waals surface area contributed by atoms with Crippen molar-refractivity contribution in [3.63, 3.8) is 0 Å². The molecule has 0 spiro atoms. The number of carboxylic acids is 1. The number of imidazole rings is 1. The lowest BCUT2D eigenvalue weighted by Gasteiger charge is -2.27. The van der Waals surface area contributed by atoms with Gasteiger partial charge in [-0.1, -0.05) is 23.2 Å². The van der Waals surface area contributed by atoms with Crippen molar-refractivity contribution in [2.75, 3.05) is 24.7 Å². The number of fused-ring (bicyclic) bond motifs is 1. The average Bonchev–Trinajstić information content (AvgIpc) is 3.44. The number of aliphatic carboxylic acids is 1. The molecule has 0 unspecified atom stereocenters. The summed E-state index contributed by atoms with van der Waals surface area (Å²) in [6, 6.07) is 6.15. The third-order valence-corrected chi connectivity index (χ3v) is 6.37. The highest BCUT2D eigenvalue weighted by Gasteiger charge is 2.26. The second-order valence-electron chi connectivity index (χ2n) is 7.61. The highest BCUT2D eigenvalue weighted by Crippen LogP contribution is 2.36. The first-order valence-corrected chi connectivity index (χ1v) is 11.1. The molecule has 0 aliphatic carbocycles. The van der Waals surface area contributed by atoms with Crippen LogP contribution < -0.4 is 4.90 Å². The molecule has 4 rings (SSSR count).